The number of methoxy groups -OCH3 is 2. The normalized spacial score (nSPS) is 10.7. The van der Waals surface area contributed by atoms with Crippen molar-refractivity contribution in [2.75, 3.05) is 14.2 Å². The van der Waals surface area contributed by atoms with Crippen LogP contribution in [0.15, 0.2) is 16.6 Å². The molecule has 1 rings (SSSR count). The molecule has 0 bridgehead atoms. The first kappa shape index (κ1) is 15.5. The van der Waals surface area contributed by atoms with Crippen LogP contribution in [0.25, 0.3) is 0 Å². The van der Waals surface area contributed by atoms with Crippen LogP contribution in [0.5, 0.6) is 0 Å². The Morgan fingerprint density at radius 3 is 2.21 bits per heavy atom. The van der Waals surface area contributed by atoms with Gasteiger partial charge in [-0.15, -0.1) is 0 Å². The minimum Gasteiger partial charge on any atom is -0.356 e. The Hall–Kier alpha value is -1.58. The maximum Gasteiger partial charge on any atom is 0.280 e. The summed E-state index contributed by atoms with van der Waals surface area (Å²) in [5.41, 5.74) is -0.418. The number of nitro benzene ring substituents is 2. The van der Waals surface area contributed by atoms with Gasteiger partial charge in [0.1, 0.15) is 0 Å². The molecule has 0 N–H and O–H groups in total. The van der Waals surface area contributed by atoms with Gasteiger partial charge in [-0.1, -0.05) is 15.9 Å². The van der Waals surface area contributed by atoms with E-state index in [0.717, 1.165) is 6.07 Å². The van der Waals surface area contributed by atoms with E-state index >= 15 is 0 Å². The van der Waals surface area contributed by atoms with E-state index < -0.39 is 16.1 Å². The zero-order valence-electron chi connectivity index (χ0n) is 10.2. The summed E-state index contributed by atoms with van der Waals surface area (Å²) in [6, 6.07) is 2.13. The summed E-state index contributed by atoms with van der Waals surface area (Å²) in [5, 5.41) is 21.7. The number of ether oxygens (including phenoxy) is 2. The van der Waals surface area contributed by atoms with Gasteiger partial charge in [0, 0.05) is 36.7 Å². The number of halogens is 1. The Kier molecular flexibility index (Phi) is 5.33. The average molecular weight is 335 g/mol. The SMILES string of the molecule is COC(Cc1c(Br)cc([N+](=O)[O-])cc1[N+](=O)[O-])OC. The number of benzene rings is 1. The van der Waals surface area contributed by atoms with E-state index in [1.807, 2.05) is 0 Å². The number of hydrogen-bond donors (Lipinski definition) is 0. The molecule has 0 aliphatic carbocycles. The quantitative estimate of drug-likeness (QED) is 0.449. The summed E-state index contributed by atoms with van der Waals surface area (Å²) in [6.45, 7) is 0. The predicted molar refractivity (Wildman–Crippen MR) is 69.0 cm³/mol. The molecule has 0 saturated heterocycles. The minimum absolute atomic E-state index is 0.0991. The van der Waals surface area contributed by atoms with Crippen LogP contribution in [0.2, 0.25) is 0 Å². The molecule has 0 aromatic heterocycles. The molecule has 0 saturated carbocycles. The van der Waals surface area contributed by atoms with Crippen molar-refractivity contribution >= 4 is 27.3 Å². The summed E-state index contributed by atoms with van der Waals surface area (Å²) in [4.78, 5) is 20.3. The van der Waals surface area contributed by atoms with Gasteiger partial charge in [-0.05, 0) is 0 Å². The third-order valence-electron chi connectivity index (χ3n) is 2.46. The zero-order chi connectivity index (χ0) is 14.6. The first-order chi connectivity index (χ1) is 8.90. The van der Waals surface area contributed by atoms with E-state index in [0.29, 0.717) is 0 Å². The minimum atomic E-state index is -0.689. The molecule has 9 heteroatoms. The Morgan fingerprint density at radius 1 is 1.21 bits per heavy atom. The van der Waals surface area contributed by atoms with Gasteiger partial charge in [0.15, 0.2) is 6.29 Å². The molecule has 0 fully saturated rings. The fourth-order valence-electron chi connectivity index (χ4n) is 1.51. The van der Waals surface area contributed by atoms with Crippen molar-refractivity contribution in [1.29, 1.82) is 0 Å². The topological polar surface area (TPSA) is 105 Å². The van der Waals surface area contributed by atoms with Crippen molar-refractivity contribution in [2.45, 2.75) is 12.7 Å². The van der Waals surface area contributed by atoms with E-state index in [9.17, 15) is 20.2 Å². The van der Waals surface area contributed by atoms with Gasteiger partial charge in [-0.2, -0.15) is 0 Å². The summed E-state index contributed by atoms with van der Waals surface area (Å²) in [7, 11) is 2.80. The second-order valence-corrected chi connectivity index (χ2v) is 4.40. The highest BCUT2D eigenvalue weighted by atomic mass is 79.9. The molecule has 0 unspecified atom stereocenters. The first-order valence-electron chi connectivity index (χ1n) is 5.07. The van der Waals surface area contributed by atoms with Gasteiger partial charge in [0.05, 0.1) is 15.9 Å². The van der Waals surface area contributed by atoms with Crippen LogP contribution in [0, 0.1) is 20.2 Å². The molecular weight excluding hydrogens is 324 g/mol. The summed E-state index contributed by atoms with van der Waals surface area (Å²) in [5.74, 6) is 0. The average Bonchev–Trinajstić information content (AvgIpc) is 2.36. The van der Waals surface area contributed by atoms with Gasteiger partial charge in [-0.25, -0.2) is 0 Å². The number of nitrogens with zero attached hydrogens (tertiary/aromatic N) is 2. The highest BCUT2D eigenvalue weighted by Crippen LogP contribution is 2.33. The van der Waals surface area contributed by atoms with Gasteiger partial charge in [0.25, 0.3) is 11.4 Å². The molecule has 0 radical (unpaired) electrons. The Bertz CT molecular complexity index is 503. The summed E-state index contributed by atoms with van der Waals surface area (Å²) in [6.07, 6.45) is -0.571. The zero-order valence-corrected chi connectivity index (χ0v) is 11.7. The molecule has 0 aliphatic heterocycles. The number of rotatable bonds is 6. The number of nitro groups is 2. The van der Waals surface area contributed by atoms with E-state index in [-0.39, 0.29) is 27.8 Å². The molecule has 0 amide bonds. The number of non-ortho nitro benzene ring substituents is 1. The van der Waals surface area contributed by atoms with Gasteiger partial charge < -0.3 is 9.47 Å². The molecule has 0 atom stereocenters. The smallest absolute Gasteiger partial charge is 0.280 e. The third kappa shape index (κ3) is 3.69. The van der Waals surface area contributed by atoms with Crippen molar-refractivity contribution < 1.29 is 19.3 Å². The molecule has 1 aromatic rings. The molecule has 0 heterocycles. The monoisotopic (exact) mass is 334 g/mol. The highest BCUT2D eigenvalue weighted by Gasteiger charge is 2.25. The van der Waals surface area contributed by atoms with Crippen LogP contribution < -0.4 is 0 Å². The van der Waals surface area contributed by atoms with Crippen molar-refractivity contribution in [2.24, 2.45) is 0 Å². The Balaban J connectivity index is 3.29. The predicted octanol–water partition coefficient (Wildman–Crippen LogP) is 2.43. The fourth-order valence-corrected chi connectivity index (χ4v) is 2.11. The largest absolute Gasteiger partial charge is 0.356 e. The molecule has 104 valence electrons. The summed E-state index contributed by atoms with van der Waals surface area (Å²) < 4.78 is 10.2. The maximum atomic E-state index is 11.0. The van der Waals surface area contributed by atoms with Gasteiger partial charge in [0.2, 0.25) is 0 Å². The van der Waals surface area contributed by atoms with Crippen LogP contribution in [0.1, 0.15) is 5.56 Å². The molecule has 0 aliphatic rings. The lowest BCUT2D eigenvalue weighted by Crippen LogP contribution is -2.17. The lowest BCUT2D eigenvalue weighted by molar-refractivity contribution is -0.394. The van der Waals surface area contributed by atoms with E-state index in [1.165, 1.54) is 20.3 Å². The van der Waals surface area contributed by atoms with E-state index in [4.69, 9.17) is 9.47 Å². The highest BCUT2D eigenvalue weighted by molar-refractivity contribution is 9.10. The fraction of sp³-hybridized carbons (Fsp3) is 0.400. The third-order valence-corrected chi connectivity index (χ3v) is 3.17. The lowest BCUT2D eigenvalue weighted by atomic mass is 10.1. The van der Waals surface area contributed by atoms with E-state index in [2.05, 4.69) is 15.9 Å². The first-order valence-corrected chi connectivity index (χ1v) is 5.86. The van der Waals surface area contributed by atoms with Crippen molar-refractivity contribution in [1.82, 2.24) is 0 Å². The summed E-state index contributed by atoms with van der Waals surface area (Å²) >= 11 is 3.10. The van der Waals surface area contributed by atoms with Crippen LogP contribution in [-0.2, 0) is 15.9 Å². The molecule has 0 spiro atoms. The van der Waals surface area contributed by atoms with Gasteiger partial charge in [-0.3, -0.25) is 20.2 Å². The second kappa shape index (κ2) is 6.55. The van der Waals surface area contributed by atoms with Crippen LogP contribution in [-0.4, -0.2) is 30.4 Å². The van der Waals surface area contributed by atoms with Crippen molar-refractivity contribution in [3.8, 4) is 0 Å². The van der Waals surface area contributed by atoms with Gasteiger partial charge >= 0.3 is 0 Å². The molecule has 1 aromatic carbocycles. The van der Waals surface area contributed by atoms with Crippen LogP contribution >= 0.6 is 15.9 Å². The molecule has 8 nitrogen and oxygen atoms in total. The Labute approximate surface area is 116 Å². The van der Waals surface area contributed by atoms with Crippen molar-refractivity contribution in [3.63, 3.8) is 0 Å². The Morgan fingerprint density at radius 2 is 1.79 bits per heavy atom. The lowest BCUT2D eigenvalue weighted by Gasteiger charge is -2.14. The van der Waals surface area contributed by atoms with E-state index in [1.54, 1.807) is 0 Å². The van der Waals surface area contributed by atoms with Crippen LogP contribution in [0.4, 0.5) is 11.4 Å². The van der Waals surface area contributed by atoms with Crippen LogP contribution in [0.3, 0.4) is 0 Å². The molecule has 19 heavy (non-hydrogen) atoms. The maximum absolute atomic E-state index is 11.0. The standard InChI is InChI=1S/C10H11BrN2O6/c1-18-10(19-2)5-7-8(11)3-6(12(14)15)4-9(7)13(16)17/h3-4,10H,5H2,1-2H3. The number of hydrogen-bond acceptors (Lipinski definition) is 6. The second-order valence-electron chi connectivity index (χ2n) is 3.54. The molecular formula is C10H11BrN2O6. The van der Waals surface area contributed by atoms with Crippen molar-refractivity contribution in [3.05, 3.63) is 42.4 Å².